The van der Waals surface area contributed by atoms with Gasteiger partial charge in [0, 0.05) is 40.2 Å². The van der Waals surface area contributed by atoms with Crippen LogP contribution in [0.25, 0.3) is 17.1 Å². The molecule has 218 valence electrons. The van der Waals surface area contributed by atoms with Gasteiger partial charge in [-0.15, -0.1) is 0 Å². The maximum atomic E-state index is 12.9. The summed E-state index contributed by atoms with van der Waals surface area (Å²) >= 11 is 0. The van der Waals surface area contributed by atoms with Crippen LogP contribution in [0.5, 0.6) is 0 Å². The Morgan fingerprint density at radius 2 is 2.00 bits per heavy atom. The van der Waals surface area contributed by atoms with E-state index in [1.165, 1.54) is 9.13 Å². The Morgan fingerprint density at radius 3 is 2.73 bits per heavy atom. The van der Waals surface area contributed by atoms with Gasteiger partial charge < -0.3 is 19.1 Å². The monoisotopic (exact) mass is 557 g/mol. The molecule has 0 saturated carbocycles. The van der Waals surface area contributed by atoms with Crippen molar-refractivity contribution in [3.63, 3.8) is 0 Å². The molecule has 0 spiro atoms. The first-order valence-electron chi connectivity index (χ1n) is 13.5. The van der Waals surface area contributed by atoms with Gasteiger partial charge >= 0.3 is 11.8 Å². The quantitative estimate of drug-likeness (QED) is 0.296. The van der Waals surface area contributed by atoms with Crippen molar-refractivity contribution >= 4 is 35.0 Å². The number of nitrogens with one attached hydrogen (secondary N) is 1. The van der Waals surface area contributed by atoms with Gasteiger partial charge in [0.05, 0.1) is 43.2 Å². The van der Waals surface area contributed by atoms with Crippen LogP contribution < -0.4 is 11.0 Å². The number of imidazole rings is 1. The summed E-state index contributed by atoms with van der Waals surface area (Å²) in [6, 6.07) is 4.82. The third-order valence-corrected chi connectivity index (χ3v) is 6.92. The number of likely N-dealkylation sites (N-methyl/N-ethyl adjacent to an activating group) is 1. The standard InChI is InChI=1S/C28H39N5O7/c1-28(2,3)40-27(37)30(4)17-20-18-32(12-15-39-20)11-14-38-13-10-19-6-7-21-23(16-19)31(5)26(36)33(21)22-8-9-24(34)29-25(22)35/h6-7,10,13,16,20,22H,8-9,11-12,14-15,17-18H2,1-5H3,(H,29,34,35)/b13-10+/t20-,22?/m0/s1. The zero-order valence-electron chi connectivity index (χ0n) is 23.8. The number of morpholine rings is 1. The summed E-state index contributed by atoms with van der Waals surface area (Å²) in [7, 11) is 3.38. The van der Waals surface area contributed by atoms with Crippen molar-refractivity contribution in [1.29, 1.82) is 0 Å². The number of ether oxygens (including phenoxy) is 3. The molecule has 0 bridgehead atoms. The normalized spacial score (nSPS) is 20.6. The summed E-state index contributed by atoms with van der Waals surface area (Å²) in [5, 5.41) is 2.32. The number of imide groups is 1. The molecule has 3 amide bonds. The first-order chi connectivity index (χ1) is 18.9. The summed E-state index contributed by atoms with van der Waals surface area (Å²) in [6.07, 6.45) is 3.48. The number of carbonyl (C=O) groups is 3. The molecule has 12 nitrogen and oxygen atoms in total. The van der Waals surface area contributed by atoms with Gasteiger partial charge in [-0.25, -0.2) is 9.59 Å². The van der Waals surface area contributed by atoms with Crippen molar-refractivity contribution in [2.45, 2.75) is 51.4 Å². The second-order valence-electron chi connectivity index (χ2n) is 11.3. The Bertz CT molecular complexity index is 1340. The molecule has 2 aliphatic rings. The number of aromatic nitrogens is 2. The topological polar surface area (TPSA) is 124 Å². The van der Waals surface area contributed by atoms with E-state index >= 15 is 0 Å². The molecular formula is C28H39N5O7. The zero-order valence-corrected chi connectivity index (χ0v) is 23.8. The van der Waals surface area contributed by atoms with Gasteiger partial charge in [-0.3, -0.25) is 28.9 Å². The Morgan fingerprint density at radius 1 is 1.23 bits per heavy atom. The highest BCUT2D eigenvalue weighted by atomic mass is 16.6. The largest absolute Gasteiger partial charge is 0.500 e. The first-order valence-corrected chi connectivity index (χ1v) is 13.5. The lowest BCUT2D eigenvalue weighted by molar-refractivity contribution is -0.135. The molecule has 12 heteroatoms. The summed E-state index contributed by atoms with van der Waals surface area (Å²) in [6.45, 7) is 9.22. The van der Waals surface area contributed by atoms with E-state index < -0.39 is 17.6 Å². The van der Waals surface area contributed by atoms with E-state index in [4.69, 9.17) is 14.2 Å². The smallest absolute Gasteiger partial charge is 0.410 e. The number of hydrogen-bond acceptors (Lipinski definition) is 8. The van der Waals surface area contributed by atoms with Crippen LogP contribution in [-0.2, 0) is 30.8 Å². The van der Waals surface area contributed by atoms with Crippen LogP contribution in [0.15, 0.2) is 29.3 Å². The number of hydrogen-bond donors (Lipinski definition) is 1. The molecule has 1 N–H and O–H groups in total. The highest BCUT2D eigenvalue weighted by molar-refractivity contribution is 6.00. The lowest BCUT2D eigenvalue weighted by atomic mass is 10.1. The fourth-order valence-corrected chi connectivity index (χ4v) is 4.90. The summed E-state index contributed by atoms with van der Waals surface area (Å²) in [4.78, 5) is 52.9. The predicted molar refractivity (Wildman–Crippen MR) is 149 cm³/mol. The SMILES string of the molecule is CN(C[C@H]1CN(CCO/C=C/c2ccc3c(c2)n(C)c(=O)n3C2CCC(=O)NC2=O)CCO1)C(=O)OC(C)(C)C. The van der Waals surface area contributed by atoms with Crippen molar-refractivity contribution in [2.24, 2.45) is 7.05 Å². The average molecular weight is 558 g/mol. The number of rotatable bonds is 8. The van der Waals surface area contributed by atoms with Gasteiger partial charge in [0.2, 0.25) is 11.8 Å². The van der Waals surface area contributed by atoms with E-state index in [1.54, 1.807) is 25.3 Å². The number of nitrogens with zero attached hydrogens (tertiary/aromatic N) is 4. The molecular weight excluding hydrogens is 518 g/mol. The van der Waals surface area contributed by atoms with Gasteiger partial charge in [0.1, 0.15) is 11.6 Å². The first kappa shape index (κ1) is 29.3. The second-order valence-corrected chi connectivity index (χ2v) is 11.3. The van der Waals surface area contributed by atoms with Crippen LogP contribution in [0.4, 0.5) is 4.79 Å². The molecule has 2 fully saturated rings. The molecule has 4 rings (SSSR count). The molecule has 0 aliphatic carbocycles. The fraction of sp³-hybridized carbons (Fsp3) is 0.571. The molecule has 1 unspecified atom stereocenters. The van der Waals surface area contributed by atoms with Crippen LogP contribution in [0, 0.1) is 0 Å². The minimum atomic E-state index is -0.712. The number of benzene rings is 1. The molecule has 2 atom stereocenters. The van der Waals surface area contributed by atoms with E-state index in [0.717, 1.165) is 12.1 Å². The third kappa shape index (κ3) is 7.11. The number of aryl methyl sites for hydroxylation is 1. The van der Waals surface area contributed by atoms with Crippen LogP contribution in [0.1, 0.15) is 45.2 Å². The highest BCUT2D eigenvalue weighted by Crippen LogP contribution is 2.24. The van der Waals surface area contributed by atoms with Gasteiger partial charge in [-0.1, -0.05) is 6.07 Å². The number of fused-ring (bicyclic) bond motifs is 1. The minimum Gasteiger partial charge on any atom is -0.500 e. The van der Waals surface area contributed by atoms with Crippen molar-refractivity contribution in [3.05, 3.63) is 40.5 Å². The van der Waals surface area contributed by atoms with Crippen LogP contribution >= 0.6 is 0 Å². The second kappa shape index (κ2) is 12.3. The van der Waals surface area contributed by atoms with Crippen LogP contribution in [0.3, 0.4) is 0 Å². The van der Waals surface area contributed by atoms with E-state index in [0.29, 0.717) is 50.3 Å². The Balaban J connectivity index is 1.29. The van der Waals surface area contributed by atoms with Crippen LogP contribution in [-0.4, -0.2) is 95.0 Å². The fourth-order valence-electron chi connectivity index (χ4n) is 4.90. The number of piperidine rings is 1. The molecule has 2 aromatic rings. The molecule has 1 aromatic heterocycles. The Labute approximate surface area is 233 Å². The van der Waals surface area contributed by atoms with Crippen molar-refractivity contribution in [3.8, 4) is 0 Å². The Hall–Kier alpha value is -3.64. The third-order valence-electron chi connectivity index (χ3n) is 6.92. The van der Waals surface area contributed by atoms with E-state index in [2.05, 4.69) is 10.2 Å². The van der Waals surface area contributed by atoms with Gasteiger partial charge in [-0.05, 0) is 51.0 Å². The molecule has 1 aromatic carbocycles. The average Bonchev–Trinajstić information content (AvgIpc) is 3.12. The summed E-state index contributed by atoms with van der Waals surface area (Å²) in [5.41, 5.74) is 1.33. The zero-order chi connectivity index (χ0) is 29.0. The summed E-state index contributed by atoms with van der Waals surface area (Å²) in [5.74, 6) is -0.772. The molecule has 3 heterocycles. The lowest BCUT2D eigenvalue weighted by Gasteiger charge is -2.35. The maximum absolute atomic E-state index is 12.9. The van der Waals surface area contributed by atoms with Crippen molar-refractivity contribution < 1.29 is 28.6 Å². The number of amides is 3. The molecule has 2 aliphatic heterocycles. The molecule has 2 saturated heterocycles. The molecule has 40 heavy (non-hydrogen) atoms. The summed E-state index contributed by atoms with van der Waals surface area (Å²) < 4.78 is 20.0. The van der Waals surface area contributed by atoms with E-state index in [9.17, 15) is 19.2 Å². The predicted octanol–water partition coefficient (Wildman–Crippen LogP) is 1.87. The van der Waals surface area contributed by atoms with Crippen molar-refractivity contribution in [2.75, 3.05) is 46.4 Å². The van der Waals surface area contributed by atoms with Gasteiger partial charge in [0.25, 0.3) is 0 Å². The van der Waals surface area contributed by atoms with Gasteiger partial charge in [0.15, 0.2) is 0 Å². The Kier molecular flexibility index (Phi) is 8.99. The van der Waals surface area contributed by atoms with Crippen LogP contribution in [0.2, 0.25) is 0 Å². The number of carbonyl (C=O) groups excluding carboxylic acids is 3. The van der Waals surface area contributed by atoms with Gasteiger partial charge in [-0.2, -0.15) is 0 Å². The lowest BCUT2D eigenvalue weighted by Crippen LogP contribution is -2.49. The minimum absolute atomic E-state index is 0.104. The van der Waals surface area contributed by atoms with E-state index in [-0.39, 0.29) is 30.2 Å². The van der Waals surface area contributed by atoms with Crippen molar-refractivity contribution in [1.82, 2.24) is 24.3 Å². The maximum Gasteiger partial charge on any atom is 0.410 e. The highest BCUT2D eigenvalue weighted by Gasteiger charge is 2.31. The van der Waals surface area contributed by atoms with E-state index in [1.807, 2.05) is 45.0 Å². The molecule has 0 radical (unpaired) electrons.